The van der Waals surface area contributed by atoms with Crippen LogP contribution in [0.3, 0.4) is 0 Å². The molecule has 1 atom stereocenters. The summed E-state index contributed by atoms with van der Waals surface area (Å²) in [5, 5.41) is 2.75. The van der Waals surface area contributed by atoms with Crippen LogP contribution in [0.2, 0.25) is 0 Å². The van der Waals surface area contributed by atoms with Gasteiger partial charge in [0.15, 0.2) is 0 Å². The molecule has 0 aliphatic carbocycles. The summed E-state index contributed by atoms with van der Waals surface area (Å²) in [6.45, 7) is 2.07. The third-order valence-corrected chi connectivity index (χ3v) is 6.26. The number of carbonyl (C=O) groups is 1. The van der Waals surface area contributed by atoms with Crippen LogP contribution in [0.5, 0.6) is 0 Å². The molecule has 0 saturated carbocycles. The number of nitrogens with one attached hydrogen (secondary N) is 1. The van der Waals surface area contributed by atoms with Crippen molar-refractivity contribution in [2.24, 2.45) is 0 Å². The van der Waals surface area contributed by atoms with Gasteiger partial charge in [0.05, 0.1) is 9.16 Å². The Morgan fingerprint density at radius 2 is 2.15 bits per heavy atom. The summed E-state index contributed by atoms with van der Waals surface area (Å²) in [7, 11) is 0. The fourth-order valence-corrected chi connectivity index (χ4v) is 4.24. The van der Waals surface area contributed by atoms with E-state index in [9.17, 15) is 4.79 Å². The van der Waals surface area contributed by atoms with Crippen LogP contribution in [-0.2, 0) is 11.2 Å². The van der Waals surface area contributed by atoms with Crippen molar-refractivity contribution in [3.05, 3.63) is 49.6 Å². The molecule has 2 heterocycles. The normalized spacial score (nSPS) is 15.7. The topological polar surface area (TPSA) is 29.1 Å². The number of amides is 1. The molecule has 1 amide bonds. The van der Waals surface area contributed by atoms with Crippen molar-refractivity contribution in [3.63, 3.8) is 0 Å². The number of hydrogen-bond donors (Lipinski definition) is 1. The lowest BCUT2D eigenvalue weighted by Crippen LogP contribution is -2.19. The maximum absolute atomic E-state index is 11.4. The minimum Gasteiger partial charge on any atom is -0.326 e. The van der Waals surface area contributed by atoms with Gasteiger partial charge < -0.3 is 5.32 Å². The number of aryl methyl sites for hydroxylation is 2. The van der Waals surface area contributed by atoms with E-state index in [2.05, 4.69) is 40.3 Å². The molecular weight excluding hydrogens is 358 g/mol. The van der Waals surface area contributed by atoms with E-state index in [0.29, 0.717) is 6.42 Å². The number of anilines is 1. The Hall–Kier alpha value is -0.840. The van der Waals surface area contributed by atoms with Gasteiger partial charge in [0, 0.05) is 17.0 Å². The van der Waals surface area contributed by atoms with Crippen molar-refractivity contribution in [2.45, 2.75) is 25.1 Å². The largest absolute Gasteiger partial charge is 0.326 e. The van der Waals surface area contributed by atoms with E-state index >= 15 is 0 Å². The van der Waals surface area contributed by atoms with Crippen molar-refractivity contribution in [3.8, 4) is 0 Å². The first-order valence-electron chi connectivity index (χ1n) is 6.37. The molecule has 5 heteroatoms. The van der Waals surface area contributed by atoms with Gasteiger partial charge in [-0.1, -0.05) is 12.1 Å². The molecule has 0 saturated heterocycles. The van der Waals surface area contributed by atoms with E-state index in [1.54, 1.807) is 11.3 Å². The lowest BCUT2D eigenvalue weighted by molar-refractivity contribution is -0.116. The van der Waals surface area contributed by atoms with E-state index in [0.717, 1.165) is 26.3 Å². The van der Waals surface area contributed by atoms with Crippen LogP contribution in [0.25, 0.3) is 0 Å². The Bertz CT molecular complexity index is 663. The molecule has 3 rings (SSSR count). The quantitative estimate of drug-likeness (QED) is 0.738. The molecular formula is C15H13BrClNOS. The molecule has 0 radical (unpaired) electrons. The predicted octanol–water partition coefficient (Wildman–Crippen LogP) is 5.03. The molecule has 2 aromatic rings. The maximum Gasteiger partial charge on any atom is 0.224 e. The summed E-state index contributed by atoms with van der Waals surface area (Å²) in [6.07, 6.45) is 1.33. The first-order chi connectivity index (χ1) is 9.54. The zero-order chi connectivity index (χ0) is 14.3. The molecule has 0 fully saturated rings. The lowest BCUT2D eigenvalue weighted by atomic mass is 9.98. The number of halogens is 2. The van der Waals surface area contributed by atoms with Crippen molar-refractivity contribution < 1.29 is 4.79 Å². The number of carbonyl (C=O) groups excluding carboxylic acids is 1. The Balaban J connectivity index is 1.92. The van der Waals surface area contributed by atoms with E-state index in [4.69, 9.17) is 11.6 Å². The fourth-order valence-electron chi connectivity index (χ4n) is 2.33. The van der Waals surface area contributed by atoms with E-state index < -0.39 is 0 Å². The molecule has 20 heavy (non-hydrogen) atoms. The first kappa shape index (κ1) is 14.1. The molecule has 1 aliphatic rings. The van der Waals surface area contributed by atoms with Gasteiger partial charge in [0.1, 0.15) is 0 Å². The number of thiophene rings is 1. The summed E-state index contributed by atoms with van der Waals surface area (Å²) < 4.78 is 1.13. The number of hydrogen-bond acceptors (Lipinski definition) is 2. The summed E-state index contributed by atoms with van der Waals surface area (Å²) in [4.78, 5) is 12.5. The van der Waals surface area contributed by atoms with E-state index in [1.165, 1.54) is 11.1 Å². The average molecular weight is 371 g/mol. The van der Waals surface area contributed by atoms with Gasteiger partial charge in [0.2, 0.25) is 5.91 Å². The Kier molecular flexibility index (Phi) is 3.89. The average Bonchev–Trinajstić information content (AvgIpc) is 2.77. The second kappa shape index (κ2) is 5.51. The highest BCUT2D eigenvalue weighted by Crippen LogP contribution is 2.39. The van der Waals surface area contributed by atoms with Crippen LogP contribution in [0.15, 0.2) is 28.1 Å². The SMILES string of the molecule is Cc1cc(C(Cl)c2ccc3c(c2)CCC(=O)N3)sc1Br. The number of benzene rings is 1. The van der Waals surface area contributed by atoms with Gasteiger partial charge in [-0.05, 0) is 58.1 Å². The van der Waals surface area contributed by atoms with E-state index in [1.807, 2.05) is 12.1 Å². The van der Waals surface area contributed by atoms with Gasteiger partial charge in [-0.3, -0.25) is 4.79 Å². The van der Waals surface area contributed by atoms with Gasteiger partial charge in [-0.25, -0.2) is 0 Å². The fraction of sp³-hybridized carbons (Fsp3) is 0.267. The third kappa shape index (κ3) is 2.65. The van der Waals surface area contributed by atoms with Crippen LogP contribution in [-0.4, -0.2) is 5.91 Å². The van der Waals surface area contributed by atoms with Crippen LogP contribution in [0, 0.1) is 6.92 Å². The summed E-state index contributed by atoms with van der Waals surface area (Å²) in [5.74, 6) is 0.0884. The van der Waals surface area contributed by atoms with E-state index in [-0.39, 0.29) is 11.3 Å². The minimum absolute atomic E-state index is 0.0884. The van der Waals surface area contributed by atoms with Crippen LogP contribution >= 0.6 is 38.9 Å². The minimum atomic E-state index is -0.145. The molecule has 1 unspecified atom stereocenters. The molecule has 0 bridgehead atoms. The summed E-state index contributed by atoms with van der Waals surface area (Å²) in [5.41, 5.74) is 4.37. The summed E-state index contributed by atoms with van der Waals surface area (Å²) >= 11 is 11.8. The van der Waals surface area contributed by atoms with Crippen LogP contribution in [0.1, 0.15) is 33.4 Å². The van der Waals surface area contributed by atoms with Gasteiger partial charge in [0.25, 0.3) is 0 Å². The second-order valence-corrected chi connectivity index (χ2v) is 7.77. The smallest absolute Gasteiger partial charge is 0.224 e. The van der Waals surface area contributed by atoms with Crippen LogP contribution in [0.4, 0.5) is 5.69 Å². The van der Waals surface area contributed by atoms with Crippen molar-refractivity contribution in [2.75, 3.05) is 5.32 Å². The molecule has 0 spiro atoms. The highest BCUT2D eigenvalue weighted by molar-refractivity contribution is 9.11. The lowest BCUT2D eigenvalue weighted by Gasteiger charge is -2.18. The van der Waals surface area contributed by atoms with Crippen molar-refractivity contribution in [1.82, 2.24) is 0 Å². The Labute approximate surface area is 135 Å². The Morgan fingerprint density at radius 3 is 2.85 bits per heavy atom. The number of fused-ring (bicyclic) bond motifs is 1. The second-order valence-electron chi connectivity index (χ2n) is 4.93. The zero-order valence-corrected chi connectivity index (χ0v) is 14.0. The van der Waals surface area contributed by atoms with Gasteiger partial charge in [-0.2, -0.15) is 0 Å². The highest BCUT2D eigenvalue weighted by atomic mass is 79.9. The van der Waals surface area contributed by atoms with Crippen LogP contribution < -0.4 is 5.32 Å². The monoisotopic (exact) mass is 369 g/mol. The predicted molar refractivity (Wildman–Crippen MR) is 87.8 cm³/mol. The standard InChI is InChI=1S/C15H13BrClNOS/c1-8-6-12(20-15(8)16)14(17)10-2-4-11-9(7-10)3-5-13(19)18-11/h2,4,6-7,14H,3,5H2,1H3,(H,18,19). The summed E-state index contributed by atoms with van der Waals surface area (Å²) in [6, 6.07) is 8.17. The molecule has 1 N–H and O–H groups in total. The molecule has 1 aliphatic heterocycles. The third-order valence-electron chi connectivity index (χ3n) is 3.44. The molecule has 2 nitrogen and oxygen atoms in total. The van der Waals surface area contributed by atoms with Crippen molar-refractivity contribution in [1.29, 1.82) is 0 Å². The molecule has 1 aromatic carbocycles. The zero-order valence-electron chi connectivity index (χ0n) is 10.9. The van der Waals surface area contributed by atoms with Gasteiger partial charge >= 0.3 is 0 Å². The number of rotatable bonds is 2. The molecule has 104 valence electrons. The molecule has 1 aromatic heterocycles. The number of alkyl halides is 1. The first-order valence-corrected chi connectivity index (χ1v) is 8.42. The van der Waals surface area contributed by atoms with Crippen molar-refractivity contribution >= 4 is 50.5 Å². The maximum atomic E-state index is 11.4. The Morgan fingerprint density at radius 1 is 1.35 bits per heavy atom. The van der Waals surface area contributed by atoms with Gasteiger partial charge in [-0.15, -0.1) is 22.9 Å². The highest BCUT2D eigenvalue weighted by Gasteiger charge is 2.19.